The molecule has 3 nitrogen and oxygen atoms in total. The fraction of sp³-hybridized carbons (Fsp3) is 0.250. The molecule has 5 heteroatoms. The number of nitrogens with zero attached hydrogens (tertiary/aromatic N) is 2. The summed E-state index contributed by atoms with van der Waals surface area (Å²) in [6.45, 7) is 1.68. The predicted octanol–water partition coefficient (Wildman–Crippen LogP) is 3.38. The minimum Gasteiger partial charge on any atom is -0.494 e. The van der Waals surface area contributed by atoms with Gasteiger partial charge < -0.3 is 9.30 Å². The third-order valence-corrected chi connectivity index (χ3v) is 2.92. The summed E-state index contributed by atoms with van der Waals surface area (Å²) in [5.41, 5.74) is 0. The molecule has 0 fully saturated rings. The zero-order chi connectivity index (χ0) is 11.2. The minimum atomic E-state index is 0. The van der Waals surface area contributed by atoms with E-state index in [0.29, 0.717) is 0 Å². The number of aryl methyl sites for hydroxylation is 1. The zero-order valence-corrected chi connectivity index (χ0v) is 12.2. The molecule has 0 saturated heterocycles. The first-order valence-electron chi connectivity index (χ1n) is 5.19. The van der Waals surface area contributed by atoms with Crippen LogP contribution >= 0.6 is 35.0 Å². The van der Waals surface area contributed by atoms with Gasteiger partial charge in [-0.15, -0.1) is 12.4 Å². The van der Waals surface area contributed by atoms with Crippen molar-refractivity contribution in [2.75, 3.05) is 6.61 Å². The van der Waals surface area contributed by atoms with Gasteiger partial charge in [-0.3, -0.25) is 0 Å². The predicted molar refractivity (Wildman–Crippen MR) is 78.7 cm³/mol. The molecule has 17 heavy (non-hydrogen) atoms. The molecule has 2 rings (SSSR count). The smallest absolute Gasteiger partial charge is 0.119 e. The first-order valence-corrected chi connectivity index (χ1v) is 6.26. The normalized spacial score (nSPS) is 9.71. The second-order valence-corrected chi connectivity index (χ2v) is 4.70. The molecule has 1 heterocycles. The van der Waals surface area contributed by atoms with E-state index in [1.54, 1.807) is 6.20 Å². The second kappa shape index (κ2) is 7.55. The van der Waals surface area contributed by atoms with Crippen LogP contribution in [0.3, 0.4) is 0 Å². The van der Waals surface area contributed by atoms with Crippen molar-refractivity contribution in [3.63, 3.8) is 0 Å². The standard InChI is InChI=1S/C12H13IN2O.ClH/c13-11-2-4-12(5-3-11)16-9-1-7-15-8-6-14-10-15;/h2-6,8,10H,1,7,9H2;1H. The number of benzene rings is 1. The Morgan fingerprint density at radius 2 is 2.00 bits per heavy atom. The number of ether oxygens (including phenoxy) is 1. The summed E-state index contributed by atoms with van der Waals surface area (Å²) < 4.78 is 8.90. The van der Waals surface area contributed by atoms with E-state index in [2.05, 4.69) is 32.1 Å². The van der Waals surface area contributed by atoms with E-state index in [9.17, 15) is 0 Å². The van der Waals surface area contributed by atoms with E-state index in [0.717, 1.165) is 25.3 Å². The van der Waals surface area contributed by atoms with Crippen LogP contribution in [-0.4, -0.2) is 16.2 Å². The van der Waals surface area contributed by atoms with Gasteiger partial charge >= 0.3 is 0 Å². The van der Waals surface area contributed by atoms with Gasteiger partial charge in [0.25, 0.3) is 0 Å². The third-order valence-electron chi connectivity index (χ3n) is 2.20. The monoisotopic (exact) mass is 364 g/mol. The molecule has 0 spiro atoms. The van der Waals surface area contributed by atoms with E-state index in [-0.39, 0.29) is 12.4 Å². The molecule has 0 bridgehead atoms. The largest absolute Gasteiger partial charge is 0.494 e. The van der Waals surface area contributed by atoms with Crippen molar-refractivity contribution in [1.29, 1.82) is 0 Å². The lowest BCUT2D eigenvalue weighted by atomic mass is 10.3. The highest BCUT2D eigenvalue weighted by atomic mass is 127. The summed E-state index contributed by atoms with van der Waals surface area (Å²) in [5.74, 6) is 0.936. The van der Waals surface area contributed by atoms with E-state index < -0.39 is 0 Å². The number of aromatic nitrogens is 2. The topological polar surface area (TPSA) is 27.1 Å². The van der Waals surface area contributed by atoms with Crippen molar-refractivity contribution in [3.8, 4) is 5.75 Å². The molecule has 0 amide bonds. The Kier molecular flexibility index (Phi) is 6.36. The summed E-state index contributed by atoms with van der Waals surface area (Å²) in [6, 6.07) is 8.09. The van der Waals surface area contributed by atoms with Crippen molar-refractivity contribution in [2.24, 2.45) is 0 Å². The van der Waals surface area contributed by atoms with Gasteiger partial charge in [-0.1, -0.05) is 0 Å². The first-order chi connectivity index (χ1) is 7.84. The van der Waals surface area contributed by atoms with E-state index in [1.807, 2.05) is 36.8 Å². The van der Waals surface area contributed by atoms with Gasteiger partial charge in [0.15, 0.2) is 0 Å². The molecule has 92 valence electrons. The second-order valence-electron chi connectivity index (χ2n) is 3.46. The molecule has 0 radical (unpaired) electrons. The van der Waals surface area contributed by atoms with Crippen LogP contribution in [-0.2, 0) is 6.54 Å². The number of rotatable bonds is 5. The maximum atomic E-state index is 5.62. The molecular weight excluding hydrogens is 351 g/mol. The summed E-state index contributed by atoms with van der Waals surface area (Å²) in [5, 5.41) is 0. The number of hydrogen-bond donors (Lipinski definition) is 0. The van der Waals surface area contributed by atoms with E-state index in [4.69, 9.17) is 4.74 Å². The highest BCUT2D eigenvalue weighted by molar-refractivity contribution is 14.1. The minimum absolute atomic E-state index is 0. The lowest BCUT2D eigenvalue weighted by Gasteiger charge is -2.06. The summed E-state index contributed by atoms with van der Waals surface area (Å²) >= 11 is 2.28. The Labute approximate surface area is 121 Å². The van der Waals surface area contributed by atoms with Gasteiger partial charge in [-0.05, 0) is 53.3 Å². The maximum Gasteiger partial charge on any atom is 0.119 e. The summed E-state index contributed by atoms with van der Waals surface area (Å²) in [4.78, 5) is 3.99. The highest BCUT2D eigenvalue weighted by Gasteiger charge is 1.94. The SMILES string of the molecule is Cl.Ic1ccc(OCCCn2ccnc2)cc1. The summed E-state index contributed by atoms with van der Waals surface area (Å²) in [7, 11) is 0. The van der Waals surface area contributed by atoms with Crippen molar-refractivity contribution >= 4 is 35.0 Å². The van der Waals surface area contributed by atoms with Crippen LogP contribution in [0.2, 0.25) is 0 Å². The van der Waals surface area contributed by atoms with E-state index >= 15 is 0 Å². The quantitative estimate of drug-likeness (QED) is 0.601. The molecular formula is C12H14ClIN2O. The third kappa shape index (κ3) is 4.95. The molecule has 0 unspecified atom stereocenters. The Hall–Kier alpha value is -0.750. The lowest BCUT2D eigenvalue weighted by molar-refractivity contribution is 0.301. The molecule has 0 N–H and O–H groups in total. The van der Waals surface area contributed by atoms with Gasteiger partial charge in [0, 0.05) is 22.5 Å². The fourth-order valence-corrected chi connectivity index (χ4v) is 1.75. The molecule has 0 aliphatic carbocycles. The molecule has 1 aromatic heterocycles. The maximum absolute atomic E-state index is 5.62. The number of halogens is 2. The molecule has 0 saturated carbocycles. The van der Waals surface area contributed by atoms with Crippen LogP contribution in [0.1, 0.15) is 6.42 Å². The van der Waals surface area contributed by atoms with Crippen molar-refractivity contribution in [3.05, 3.63) is 46.6 Å². The number of hydrogen-bond acceptors (Lipinski definition) is 2. The molecule has 0 aliphatic heterocycles. The van der Waals surface area contributed by atoms with Crippen LogP contribution in [0.5, 0.6) is 5.75 Å². The van der Waals surface area contributed by atoms with Crippen LogP contribution in [0, 0.1) is 3.57 Å². The molecule has 0 aliphatic rings. The molecule has 0 atom stereocenters. The van der Waals surface area contributed by atoms with Gasteiger partial charge in [-0.2, -0.15) is 0 Å². The van der Waals surface area contributed by atoms with Crippen molar-refractivity contribution in [2.45, 2.75) is 13.0 Å². The van der Waals surface area contributed by atoms with Crippen molar-refractivity contribution < 1.29 is 4.74 Å². The Morgan fingerprint density at radius 3 is 2.65 bits per heavy atom. The van der Waals surface area contributed by atoms with Crippen LogP contribution in [0.25, 0.3) is 0 Å². The van der Waals surface area contributed by atoms with Crippen LogP contribution in [0.15, 0.2) is 43.0 Å². The van der Waals surface area contributed by atoms with Gasteiger partial charge in [0.1, 0.15) is 5.75 Å². The van der Waals surface area contributed by atoms with E-state index in [1.165, 1.54) is 3.57 Å². The van der Waals surface area contributed by atoms with Crippen LogP contribution < -0.4 is 4.74 Å². The first kappa shape index (κ1) is 14.3. The van der Waals surface area contributed by atoms with Crippen molar-refractivity contribution in [1.82, 2.24) is 9.55 Å². The molecule has 2 aromatic rings. The molecule has 1 aromatic carbocycles. The van der Waals surface area contributed by atoms with Gasteiger partial charge in [0.05, 0.1) is 12.9 Å². The van der Waals surface area contributed by atoms with Gasteiger partial charge in [-0.25, -0.2) is 4.98 Å². The average Bonchev–Trinajstić information content (AvgIpc) is 2.80. The Balaban J connectivity index is 0.00000144. The van der Waals surface area contributed by atoms with Crippen LogP contribution in [0.4, 0.5) is 0 Å². The number of imidazole rings is 1. The lowest BCUT2D eigenvalue weighted by Crippen LogP contribution is -2.02. The Bertz CT molecular complexity index is 417. The van der Waals surface area contributed by atoms with Gasteiger partial charge in [0.2, 0.25) is 0 Å². The zero-order valence-electron chi connectivity index (χ0n) is 9.25. The summed E-state index contributed by atoms with van der Waals surface area (Å²) in [6.07, 6.45) is 6.57. The fourth-order valence-electron chi connectivity index (χ4n) is 1.39. The Morgan fingerprint density at radius 1 is 1.24 bits per heavy atom. The highest BCUT2D eigenvalue weighted by Crippen LogP contribution is 2.13. The average molecular weight is 365 g/mol.